The Morgan fingerprint density at radius 3 is 2.52 bits per heavy atom. The summed E-state index contributed by atoms with van der Waals surface area (Å²) < 4.78 is 3.28. The third-order valence-corrected chi connectivity index (χ3v) is 7.51. The van der Waals surface area contributed by atoms with Crippen molar-refractivity contribution in [3.8, 4) is 5.69 Å². The lowest BCUT2D eigenvalue weighted by molar-refractivity contribution is -0.131. The van der Waals surface area contributed by atoms with Gasteiger partial charge in [-0.3, -0.25) is 4.79 Å². The number of benzene rings is 2. The quantitative estimate of drug-likeness (QED) is 0.338. The topological polar surface area (TPSA) is 38.1 Å². The average molecular weight is 442 g/mol. The maximum atomic E-state index is 13.1. The number of carbonyl (C=O) groups excluding carboxylic acids is 1. The van der Waals surface area contributed by atoms with E-state index in [1.165, 1.54) is 41.5 Å². The van der Waals surface area contributed by atoms with Crippen molar-refractivity contribution in [2.75, 3.05) is 5.75 Å². The van der Waals surface area contributed by atoms with Crippen LogP contribution in [0.25, 0.3) is 5.69 Å². The van der Waals surface area contributed by atoms with Gasteiger partial charge in [-0.1, -0.05) is 71.6 Å². The molecular formula is C22H23N3OS3. The first kappa shape index (κ1) is 20.3. The van der Waals surface area contributed by atoms with Gasteiger partial charge in [0.15, 0.2) is 8.29 Å². The van der Waals surface area contributed by atoms with E-state index < -0.39 is 0 Å². The number of rotatable bonds is 8. The highest BCUT2D eigenvalue weighted by atomic mass is 32.2. The fraction of sp³-hybridized carbons (Fsp3) is 0.318. The van der Waals surface area contributed by atoms with Crippen molar-refractivity contribution in [3.63, 3.8) is 0 Å². The first-order valence-corrected chi connectivity index (χ1v) is 11.9. The minimum atomic E-state index is 0.158. The average Bonchev–Trinajstić information content (AvgIpc) is 3.54. The molecular weight excluding hydrogens is 418 g/mol. The van der Waals surface area contributed by atoms with Gasteiger partial charge in [-0.2, -0.15) is 0 Å². The zero-order valence-corrected chi connectivity index (χ0v) is 18.7. The third-order valence-electron chi connectivity index (χ3n) is 5.16. The molecule has 1 amide bonds. The lowest BCUT2D eigenvalue weighted by Gasteiger charge is -2.29. The van der Waals surface area contributed by atoms with Gasteiger partial charge in [0.1, 0.15) is 0 Å². The van der Waals surface area contributed by atoms with E-state index in [9.17, 15) is 4.79 Å². The van der Waals surface area contributed by atoms with E-state index in [0.717, 1.165) is 10.0 Å². The smallest absolute Gasteiger partial charge is 0.233 e. The highest BCUT2D eigenvalue weighted by Gasteiger charge is 2.34. The molecule has 1 saturated carbocycles. The zero-order chi connectivity index (χ0) is 20.2. The van der Waals surface area contributed by atoms with E-state index in [1.54, 1.807) is 4.68 Å². The Kier molecular flexibility index (Phi) is 6.47. The monoisotopic (exact) mass is 441 g/mol. The van der Waals surface area contributed by atoms with E-state index in [0.29, 0.717) is 22.2 Å². The minimum absolute atomic E-state index is 0.158. The molecule has 4 nitrogen and oxygen atoms in total. The van der Waals surface area contributed by atoms with Gasteiger partial charge >= 0.3 is 0 Å². The molecule has 0 saturated heterocycles. The van der Waals surface area contributed by atoms with E-state index >= 15 is 0 Å². The number of aromatic nitrogens is 2. The Morgan fingerprint density at radius 1 is 1.21 bits per heavy atom. The van der Waals surface area contributed by atoms with Crippen LogP contribution in [0.5, 0.6) is 0 Å². The van der Waals surface area contributed by atoms with Gasteiger partial charge in [0, 0.05) is 12.6 Å². The third kappa shape index (κ3) is 5.15. The second kappa shape index (κ2) is 9.24. The Hall–Kier alpha value is -1.96. The minimum Gasteiger partial charge on any atom is -0.335 e. The van der Waals surface area contributed by atoms with Crippen LogP contribution in [0.3, 0.4) is 0 Å². The Balaban J connectivity index is 1.44. The molecule has 1 atom stereocenters. The highest BCUT2D eigenvalue weighted by Crippen LogP contribution is 2.36. The Labute approximate surface area is 184 Å². The number of hydrogen-bond donors (Lipinski definition) is 0. The van der Waals surface area contributed by atoms with Gasteiger partial charge in [-0.15, -0.1) is 5.10 Å². The summed E-state index contributed by atoms with van der Waals surface area (Å²) in [6.45, 7) is 2.84. The highest BCUT2D eigenvalue weighted by molar-refractivity contribution is 8.01. The van der Waals surface area contributed by atoms with Crippen LogP contribution in [0.1, 0.15) is 25.3 Å². The fourth-order valence-corrected chi connectivity index (χ4v) is 5.58. The summed E-state index contributed by atoms with van der Waals surface area (Å²) in [4.78, 5) is 15.1. The van der Waals surface area contributed by atoms with Crippen LogP contribution in [-0.4, -0.2) is 32.4 Å². The number of carbonyl (C=O) groups is 1. The van der Waals surface area contributed by atoms with Crippen molar-refractivity contribution < 1.29 is 4.79 Å². The summed E-state index contributed by atoms with van der Waals surface area (Å²) in [6.07, 6.45) is 2.44. The van der Waals surface area contributed by atoms with Crippen molar-refractivity contribution in [2.45, 2.75) is 36.7 Å². The largest absolute Gasteiger partial charge is 0.335 e. The molecule has 2 aromatic carbocycles. The van der Waals surface area contributed by atoms with Crippen molar-refractivity contribution >= 4 is 41.2 Å². The van der Waals surface area contributed by atoms with Crippen LogP contribution < -0.4 is 0 Å². The predicted octanol–water partition coefficient (Wildman–Crippen LogP) is 5.58. The summed E-state index contributed by atoms with van der Waals surface area (Å²) in [6, 6.07) is 20.4. The predicted molar refractivity (Wildman–Crippen MR) is 122 cm³/mol. The van der Waals surface area contributed by atoms with Gasteiger partial charge in [0.25, 0.3) is 0 Å². The van der Waals surface area contributed by atoms with Crippen LogP contribution in [0.15, 0.2) is 65.0 Å². The van der Waals surface area contributed by atoms with Gasteiger partial charge in [-0.25, -0.2) is 4.68 Å². The second-order valence-corrected chi connectivity index (χ2v) is 10.1. The fourth-order valence-electron chi connectivity index (χ4n) is 3.33. The molecule has 1 fully saturated rings. The number of hydrogen-bond acceptors (Lipinski definition) is 5. The summed E-state index contributed by atoms with van der Waals surface area (Å²) in [5.41, 5.74) is 2.11. The van der Waals surface area contributed by atoms with Crippen LogP contribution in [0, 0.1) is 9.87 Å². The molecule has 7 heteroatoms. The number of nitrogens with zero attached hydrogens (tertiary/aromatic N) is 3. The SMILES string of the molecule is C[C@H](C1CC1)N(Cc1ccccc1)C(=O)CSc1nn(-c2ccccc2)c(=S)s1. The maximum Gasteiger partial charge on any atom is 0.233 e. The summed E-state index contributed by atoms with van der Waals surface area (Å²) in [7, 11) is 0. The zero-order valence-electron chi connectivity index (χ0n) is 16.2. The van der Waals surface area contributed by atoms with Crippen molar-refractivity contribution in [3.05, 3.63) is 70.2 Å². The molecule has 1 aromatic heterocycles. The standard InChI is InChI=1S/C22H23N3OS3/c1-16(18-12-13-18)24(14-17-8-4-2-5-9-17)20(26)15-28-21-23-25(22(27)29-21)19-10-6-3-7-11-19/h2-11,16,18H,12-15H2,1H3/t16-/m1/s1. The molecule has 150 valence electrons. The summed E-state index contributed by atoms with van der Waals surface area (Å²) >= 11 is 8.40. The van der Waals surface area contributed by atoms with Gasteiger partial charge in [0.05, 0.1) is 11.4 Å². The molecule has 0 bridgehead atoms. The van der Waals surface area contributed by atoms with Crippen molar-refractivity contribution in [1.29, 1.82) is 0 Å². The van der Waals surface area contributed by atoms with E-state index in [1.807, 2.05) is 53.4 Å². The lowest BCUT2D eigenvalue weighted by atomic mass is 10.1. The molecule has 0 spiro atoms. The molecule has 4 rings (SSSR count). The van der Waals surface area contributed by atoms with Crippen molar-refractivity contribution in [2.24, 2.45) is 5.92 Å². The molecule has 1 heterocycles. The van der Waals surface area contributed by atoms with Crippen LogP contribution in [0.2, 0.25) is 0 Å². The number of amides is 1. The van der Waals surface area contributed by atoms with Gasteiger partial charge in [-0.05, 0) is 55.6 Å². The summed E-state index contributed by atoms with van der Waals surface area (Å²) in [5.74, 6) is 1.17. The molecule has 0 aliphatic heterocycles. The molecule has 0 radical (unpaired) electrons. The van der Waals surface area contributed by atoms with E-state index in [-0.39, 0.29) is 11.9 Å². The molecule has 0 unspecified atom stereocenters. The first-order chi connectivity index (χ1) is 14.1. The van der Waals surface area contributed by atoms with Crippen LogP contribution in [0.4, 0.5) is 0 Å². The van der Waals surface area contributed by atoms with Gasteiger partial charge < -0.3 is 4.90 Å². The Bertz CT molecular complexity index is 1010. The van der Waals surface area contributed by atoms with Crippen LogP contribution in [-0.2, 0) is 11.3 Å². The summed E-state index contributed by atoms with van der Waals surface area (Å²) in [5, 5.41) is 4.61. The normalized spacial score (nSPS) is 14.5. The lowest BCUT2D eigenvalue weighted by Crippen LogP contribution is -2.40. The molecule has 3 aromatic rings. The van der Waals surface area contributed by atoms with Crippen molar-refractivity contribution in [1.82, 2.24) is 14.7 Å². The molecule has 0 N–H and O–H groups in total. The number of para-hydroxylation sites is 1. The van der Waals surface area contributed by atoms with E-state index in [4.69, 9.17) is 12.2 Å². The molecule has 29 heavy (non-hydrogen) atoms. The second-order valence-electron chi connectivity index (χ2n) is 7.26. The molecule has 1 aliphatic rings. The van der Waals surface area contributed by atoms with E-state index in [2.05, 4.69) is 24.2 Å². The maximum absolute atomic E-state index is 13.1. The number of thioether (sulfide) groups is 1. The van der Waals surface area contributed by atoms with Crippen LogP contribution >= 0.6 is 35.3 Å². The van der Waals surface area contributed by atoms with Gasteiger partial charge in [0.2, 0.25) is 5.91 Å². The Morgan fingerprint density at radius 2 is 1.86 bits per heavy atom. The first-order valence-electron chi connectivity index (χ1n) is 9.73. The molecule has 1 aliphatic carbocycles.